The normalized spacial score (nSPS) is 18.3. The summed E-state index contributed by atoms with van der Waals surface area (Å²) in [5.41, 5.74) is 4.75. The second-order valence-corrected chi connectivity index (χ2v) is 11.6. The predicted octanol–water partition coefficient (Wildman–Crippen LogP) is 8.07. The molecule has 0 bridgehead atoms. The third-order valence-electron chi connectivity index (χ3n) is 5.84. The molecule has 1 atom stereocenters. The van der Waals surface area contributed by atoms with Crippen LogP contribution < -0.4 is 0 Å². The summed E-state index contributed by atoms with van der Waals surface area (Å²) in [5, 5.41) is 10.5. The van der Waals surface area contributed by atoms with Gasteiger partial charge in [-0.05, 0) is 55.8 Å². The molecule has 3 nitrogen and oxygen atoms in total. The number of pyridine rings is 1. The molecule has 1 heterocycles. The summed E-state index contributed by atoms with van der Waals surface area (Å²) in [4.78, 5) is 16.2. The number of nitrogens with zero attached hydrogens (tertiary/aromatic N) is 1. The Hall–Kier alpha value is -0.870. The van der Waals surface area contributed by atoms with E-state index in [2.05, 4.69) is 54.7 Å². The monoisotopic (exact) mass is 451 g/mol. The van der Waals surface area contributed by atoms with Gasteiger partial charge in [-0.1, -0.05) is 75.2 Å². The second kappa shape index (κ2) is 13.6. The van der Waals surface area contributed by atoms with Crippen molar-refractivity contribution in [2.24, 2.45) is 5.41 Å². The highest BCUT2D eigenvalue weighted by Crippen LogP contribution is 2.53. The van der Waals surface area contributed by atoms with Crippen molar-refractivity contribution in [3.8, 4) is 0 Å². The maximum Gasteiger partial charge on any atom is 0.152 e. The van der Waals surface area contributed by atoms with Gasteiger partial charge in [0.15, 0.2) is 6.29 Å². The standard InChI is InChI=1S/C17H23NO2.C5H12S.C3H8.C2H6/c1-10(2)16-12(9-19)11(3)15-13(18-16)7-17(5-4-6-17)8-14(15)20;1-5(2,3)6-4;1-3-2;1-2/h9-10,14,20H,4-8H2,1-3H3;1-4H3;3H2,1-2H3;1-2H3/t14-;;;/m0.../s1. The Morgan fingerprint density at radius 3 is 2.03 bits per heavy atom. The maximum absolute atomic E-state index is 11.4. The van der Waals surface area contributed by atoms with Crippen LogP contribution in [0.4, 0.5) is 0 Å². The zero-order chi connectivity index (χ0) is 24.4. The Bertz CT molecular complexity index is 673. The lowest BCUT2D eigenvalue weighted by Crippen LogP contribution is -2.38. The summed E-state index contributed by atoms with van der Waals surface area (Å²) in [6.45, 7) is 21.0. The van der Waals surface area contributed by atoms with E-state index in [4.69, 9.17) is 4.98 Å². The molecule has 31 heavy (non-hydrogen) atoms. The molecule has 1 aromatic rings. The van der Waals surface area contributed by atoms with Crippen LogP contribution in [0, 0.1) is 12.3 Å². The number of hydrogen-bond donors (Lipinski definition) is 1. The van der Waals surface area contributed by atoms with Gasteiger partial charge in [0, 0.05) is 21.6 Å². The van der Waals surface area contributed by atoms with Gasteiger partial charge in [-0.2, -0.15) is 11.8 Å². The molecule has 1 N–H and O–H groups in total. The van der Waals surface area contributed by atoms with Gasteiger partial charge in [-0.3, -0.25) is 9.78 Å². The largest absolute Gasteiger partial charge is 0.388 e. The molecule has 1 spiro atoms. The van der Waals surface area contributed by atoms with Crippen molar-refractivity contribution in [1.82, 2.24) is 4.98 Å². The SMILES string of the molecule is CC.CCC.CSC(C)(C)C.Cc1c(C=O)c(C(C)C)nc2c1[C@@H](O)CC1(CCC1)C2. The Labute approximate surface area is 197 Å². The number of hydrogen-bond acceptors (Lipinski definition) is 4. The number of aromatic nitrogens is 1. The highest BCUT2D eigenvalue weighted by atomic mass is 32.2. The number of fused-ring (bicyclic) bond motifs is 1. The summed E-state index contributed by atoms with van der Waals surface area (Å²) >= 11 is 1.88. The average Bonchev–Trinajstić information content (AvgIpc) is 2.68. The summed E-state index contributed by atoms with van der Waals surface area (Å²) < 4.78 is 0.458. The first-order chi connectivity index (χ1) is 14.4. The Balaban J connectivity index is 0.000000692. The molecule has 1 aromatic heterocycles. The third kappa shape index (κ3) is 8.53. The van der Waals surface area contributed by atoms with Crippen LogP contribution in [-0.2, 0) is 6.42 Å². The second-order valence-electron chi connectivity index (χ2n) is 9.94. The van der Waals surface area contributed by atoms with E-state index < -0.39 is 6.10 Å². The first kappa shape index (κ1) is 30.1. The lowest BCUT2D eigenvalue weighted by Gasteiger charge is -2.47. The summed E-state index contributed by atoms with van der Waals surface area (Å²) in [6.07, 6.45) is 9.31. The van der Waals surface area contributed by atoms with Gasteiger partial charge in [-0.15, -0.1) is 0 Å². The Morgan fingerprint density at radius 1 is 1.23 bits per heavy atom. The van der Waals surface area contributed by atoms with Crippen LogP contribution in [0.3, 0.4) is 0 Å². The zero-order valence-electron chi connectivity index (χ0n) is 22.2. The van der Waals surface area contributed by atoms with Gasteiger partial charge in [-0.25, -0.2) is 0 Å². The van der Waals surface area contributed by atoms with E-state index >= 15 is 0 Å². The minimum Gasteiger partial charge on any atom is -0.388 e. The van der Waals surface area contributed by atoms with Crippen molar-refractivity contribution in [3.05, 3.63) is 28.1 Å². The van der Waals surface area contributed by atoms with E-state index in [-0.39, 0.29) is 11.3 Å². The fourth-order valence-electron chi connectivity index (χ4n) is 3.98. The molecule has 180 valence electrons. The quantitative estimate of drug-likeness (QED) is 0.462. The lowest BCUT2D eigenvalue weighted by molar-refractivity contribution is 0.0240. The van der Waals surface area contributed by atoms with E-state index in [1.165, 1.54) is 25.7 Å². The van der Waals surface area contributed by atoms with Crippen LogP contribution in [0.5, 0.6) is 0 Å². The van der Waals surface area contributed by atoms with Crippen LogP contribution in [0.25, 0.3) is 0 Å². The first-order valence-electron chi connectivity index (χ1n) is 12.2. The predicted molar refractivity (Wildman–Crippen MR) is 139 cm³/mol. The molecule has 4 heteroatoms. The van der Waals surface area contributed by atoms with E-state index in [1.54, 1.807) is 0 Å². The fourth-order valence-corrected chi connectivity index (χ4v) is 3.98. The van der Waals surface area contributed by atoms with Crippen molar-refractivity contribution >= 4 is 18.0 Å². The smallest absolute Gasteiger partial charge is 0.152 e. The number of aliphatic hydroxyl groups excluding tert-OH is 1. The topological polar surface area (TPSA) is 50.2 Å². The number of thioether (sulfide) groups is 1. The number of rotatable bonds is 2. The van der Waals surface area contributed by atoms with Crippen molar-refractivity contribution in [3.63, 3.8) is 0 Å². The highest BCUT2D eigenvalue weighted by molar-refractivity contribution is 7.99. The molecule has 1 fully saturated rings. The van der Waals surface area contributed by atoms with Crippen molar-refractivity contribution in [1.29, 1.82) is 0 Å². The van der Waals surface area contributed by atoms with Gasteiger partial charge < -0.3 is 5.11 Å². The fraction of sp³-hybridized carbons (Fsp3) is 0.778. The van der Waals surface area contributed by atoms with Gasteiger partial charge in [0.2, 0.25) is 0 Å². The molecular formula is C27H49NO2S. The molecule has 0 radical (unpaired) electrons. The van der Waals surface area contributed by atoms with E-state index in [0.29, 0.717) is 10.3 Å². The summed E-state index contributed by atoms with van der Waals surface area (Å²) in [6, 6.07) is 0. The molecule has 0 amide bonds. The minimum atomic E-state index is -0.452. The number of carbonyl (C=O) groups excluding carboxylic acids is 1. The van der Waals surface area contributed by atoms with Crippen molar-refractivity contribution < 1.29 is 9.90 Å². The summed E-state index contributed by atoms with van der Waals surface area (Å²) in [7, 11) is 0. The molecule has 0 aliphatic heterocycles. The molecule has 0 unspecified atom stereocenters. The molecule has 2 aliphatic carbocycles. The maximum atomic E-state index is 11.4. The van der Waals surface area contributed by atoms with Crippen LogP contribution in [0.15, 0.2) is 0 Å². The molecule has 0 saturated heterocycles. The first-order valence-corrected chi connectivity index (χ1v) is 13.4. The lowest BCUT2D eigenvalue weighted by atomic mass is 9.59. The Kier molecular flexibility index (Phi) is 13.2. The van der Waals surface area contributed by atoms with Gasteiger partial charge in [0.1, 0.15) is 0 Å². The molecule has 0 aromatic carbocycles. The zero-order valence-corrected chi connectivity index (χ0v) is 23.0. The Morgan fingerprint density at radius 2 is 1.71 bits per heavy atom. The van der Waals surface area contributed by atoms with E-state index in [9.17, 15) is 9.90 Å². The van der Waals surface area contributed by atoms with Gasteiger partial charge in [0.05, 0.1) is 11.8 Å². The van der Waals surface area contributed by atoms with Crippen molar-refractivity contribution in [2.45, 2.75) is 125 Å². The van der Waals surface area contributed by atoms with Gasteiger partial charge in [0.25, 0.3) is 0 Å². The number of aliphatic hydroxyl groups is 1. The van der Waals surface area contributed by atoms with Gasteiger partial charge >= 0.3 is 0 Å². The number of carbonyl (C=O) groups is 1. The average molecular weight is 452 g/mol. The van der Waals surface area contributed by atoms with E-state index in [1.807, 2.05) is 32.5 Å². The van der Waals surface area contributed by atoms with Crippen LogP contribution in [0.1, 0.15) is 139 Å². The van der Waals surface area contributed by atoms with Crippen LogP contribution in [-0.4, -0.2) is 27.4 Å². The van der Waals surface area contributed by atoms with Crippen LogP contribution >= 0.6 is 11.8 Å². The highest BCUT2D eigenvalue weighted by Gasteiger charge is 2.44. The molecule has 2 aliphatic rings. The number of aldehydes is 1. The molecule has 3 rings (SSSR count). The van der Waals surface area contributed by atoms with E-state index in [0.717, 1.165) is 41.6 Å². The molecule has 1 saturated carbocycles. The third-order valence-corrected chi connectivity index (χ3v) is 7.07. The van der Waals surface area contributed by atoms with Crippen molar-refractivity contribution in [2.75, 3.05) is 6.26 Å². The minimum absolute atomic E-state index is 0.232. The molecular weight excluding hydrogens is 402 g/mol. The van der Waals surface area contributed by atoms with Crippen LogP contribution in [0.2, 0.25) is 0 Å². The summed E-state index contributed by atoms with van der Waals surface area (Å²) in [5.74, 6) is 0.232.